The van der Waals surface area contributed by atoms with Gasteiger partial charge in [0.25, 0.3) is 6.43 Å². The summed E-state index contributed by atoms with van der Waals surface area (Å²) in [4.78, 5) is 29.3. The molecule has 1 saturated heterocycles. The average molecular weight is 346 g/mol. The van der Waals surface area contributed by atoms with E-state index in [2.05, 4.69) is 15.6 Å². The minimum atomic E-state index is -2.44. The van der Waals surface area contributed by atoms with E-state index >= 15 is 0 Å². The molecule has 128 valence electrons. The third kappa shape index (κ3) is 5.74. The van der Waals surface area contributed by atoms with Crippen LogP contribution in [-0.4, -0.2) is 53.8 Å². The van der Waals surface area contributed by atoms with Gasteiger partial charge in [0.1, 0.15) is 0 Å². The van der Waals surface area contributed by atoms with Gasteiger partial charge in [-0.05, 0) is 12.8 Å². The number of alkyl halides is 2. The van der Waals surface area contributed by atoms with Crippen molar-refractivity contribution < 1.29 is 18.4 Å². The molecule has 1 aromatic rings. The summed E-state index contributed by atoms with van der Waals surface area (Å²) < 4.78 is 24.3. The average Bonchev–Trinajstić information content (AvgIpc) is 2.92. The Morgan fingerprint density at radius 1 is 1.52 bits per heavy atom. The summed E-state index contributed by atoms with van der Waals surface area (Å²) in [7, 11) is 0. The maximum Gasteiger partial charge on any atom is 0.255 e. The molecular formula is C14H20F2N4O2S. The van der Waals surface area contributed by atoms with Gasteiger partial charge in [-0.25, -0.2) is 13.8 Å². The van der Waals surface area contributed by atoms with Crippen LogP contribution in [0.1, 0.15) is 25.5 Å². The van der Waals surface area contributed by atoms with Gasteiger partial charge < -0.3 is 15.5 Å². The van der Waals surface area contributed by atoms with Crippen LogP contribution in [-0.2, 0) is 16.0 Å². The van der Waals surface area contributed by atoms with Crippen molar-refractivity contribution in [1.82, 2.24) is 15.2 Å². The third-order valence-electron chi connectivity index (χ3n) is 3.47. The molecular weight excluding hydrogens is 326 g/mol. The van der Waals surface area contributed by atoms with Crippen LogP contribution in [0.3, 0.4) is 0 Å². The number of carbonyl (C=O) groups is 2. The van der Waals surface area contributed by atoms with E-state index in [4.69, 9.17) is 0 Å². The maximum absolute atomic E-state index is 12.3. The van der Waals surface area contributed by atoms with Crippen molar-refractivity contribution in [1.29, 1.82) is 0 Å². The van der Waals surface area contributed by atoms with Crippen LogP contribution < -0.4 is 10.6 Å². The molecule has 2 heterocycles. The number of aromatic nitrogens is 1. The first-order valence-corrected chi connectivity index (χ1v) is 8.33. The van der Waals surface area contributed by atoms with Crippen LogP contribution in [0.25, 0.3) is 0 Å². The van der Waals surface area contributed by atoms with Gasteiger partial charge in [0.15, 0.2) is 5.13 Å². The molecule has 23 heavy (non-hydrogen) atoms. The molecule has 0 bridgehead atoms. The lowest BCUT2D eigenvalue weighted by Gasteiger charge is -2.33. The molecule has 1 aromatic heterocycles. The molecule has 0 aliphatic carbocycles. The van der Waals surface area contributed by atoms with E-state index in [1.807, 2.05) is 0 Å². The molecule has 0 saturated carbocycles. The third-order valence-corrected chi connectivity index (χ3v) is 4.32. The van der Waals surface area contributed by atoms with Crippen LogP contribution in [0.5, 0.6) is 0 Å². The summed E-state index contributed by atoms with van der Waals surface area (Å²) in [5.41, 5.74) is 0.568. The number of rotatable bonds is 6. The van der Waals surface area contributed by atoms with Gasteiger partial charge in [0.05, 0.1) is 18.7 Å². The molecule has 2 amide bonds. The van der Waals surface area contributed by atoms with Crippen molar-refractivity contribution in [2.24, 2.45) is 0 Å². The van der Waals surface area contributed by atoms with Crippen LogP contribution in [0.15, 0.2) is 5.38 Å². The molecule has 0 aromatic carbocycles. The number of halogens is 2. The van der Waals surface area contributed by atoms with Crippen molar-refractivity contribution in [2.45, 2.75) is 38.7 Å². The van der Waals surface area contributed by atoms with Crippen molar-refractivity contribution in [3.05, 3.63) is 11.1 Å². The fraction of sp³-hybridized carbons (Fsp3) is 0.643. The predicted octanol–water partition coefficient (Wildman–Crippen LogP) is 1.49. The smallest absolute Gasteiger partial charge is 0.255 e. The van der Waals surface area contributed by atoms with Crippen LogP contribution >= 0.6 is 11.3 Å². The molecule has 9 heteroatoms. The monoisotopic (exact) mass is 346 g/mol. The zero-order valence-corrected chi connectivity index (χ0v) is 13.7. The van der Waals surface area contributed by atoms with E-state index in [0.717, 1.165) is 12.8 Å². The van der Waals surface area contributed by atoms with Gasteiger partial charge >= 0.3 is 0 Å². The highest BCUT2D eigenvalue weighted by Gasteiger charge is 2.24. The highest BCUT2D eigenvalue weighted by molar-refractivity contribution is 7.13. The summed E-state index contributed by atoms with van der Waals surface area (Å²) in [5, 5.41) is 7.45. The molecule has 2 N–H and O–H groups in total. The number of likely N-dealkylation sites (tertiary alicyclic amines) is 1. The molecule has 1 unspecified atom stereocenters. The Balaban J connectivity index is 1.85. The van der Waals surface area contributed by atoms with Gasteiger partial charge in [-0.3, -0.25) is 9.59 Å². The molecule has 0 spiro atoms. The second-order valence-electron chi connectivity index (χ2n) is 5.47. The van der Waals surface area contributed by atoms with Crippen LogP contribution in [0.2, 0.25) is 0 Å². The van der Waals surface area contributed by atoms with E-state index in [-0.39, 0.29) is 24.3 Å². The summed E-state index contributed by atoms with van der Waals surface area (Å²) in [6.07, 6.45) is -0.598. The molecule has 0 radical (unpaired) electrons. The van der Waals surface area contributed by atoms with Gasteiger partial charge in [-0.1, -0.05) is 0 Å². The number of anilines is 1. The number of nitrogens with zero attached hydrogens (tertiary/aromatic N) is 2. The van der Waals surface area contributed by atoms with Gasteiger partial charge in [0, 0.05) is 31.4 Å². The number of thiazole rings is 1. The Morgan fingerprint density at radius 3 is 3.00 bits per heavy atom. The Kier molecular flexibility index (Phi) is 6.26. The highest BCUT2D eigenvalue weighted by Crippen LogP contribution is 2.18. The van der Waals surface area contributed by atoms with Crippen molar-refractivity contribution >= 4 is 28.3 Å². The first-order chi connectivity index (χ1) is 10.9. The van der Waals surface area contributed by atoms with Gasteiger partial charge in [0.2, 0.25) is 11.8 Å². The first kappa shape index (κ1) is 17.6. The zero-order chi connectivity index (χ0) is 16.8. The lowest BCUT2D eigenvalue weighted by Crippen LogP contribution is -2.49. The fourth-order valence-corrected chi connectivity index (χ4v) is 3.23. The van der Waals surface area contributed by atoms with E-state index in [1.54, 1.807) is 10.3 Å². The second kappa shape index (κ2) is 8.19. The predicted molar refractivity (Wildman–Crippen MR) is 83.7 cm³/mol. The summed E-state index contributed by atoms with van der Waals surface area (Å²) in [6.45, 7) is 2.17. The molecule has 1 atom stereocenters. The summed E-state index contributed by atoms with van der Waals surface area (Å²) >= 11 is 1.21. The second-order valence-corrected chi connectivity index (χ2v) is 6.33. The minimum Gasteiger partial charge on any atom is -0.356 e. The Hall–Kier alpha value is -1.77. The van der Waals surface area contributed by atoms with E-state index in [0.29, 0.717) is 23.9 Å². The largest absolute Gasteiger partial charge is 0.356 e. The Bertz CT molecular complexity index is 553. The SMILES string of the molecule is CC(=O)NC1CCCN(C(=O)Cc2csc(NCC(F)F)n2)C1. The van der Waals surface area contributed by atoms with E-state index in [9.17, 15) is 18.4 Å². The molecule has 1 aliphatic rings. The molecule has 1 fully saturated rings. The molecule has 2 rings (SSSR count). The quantitative estimate of drug-likeness (QED) is 0.818. The Morgan fingerprint density at radius 2 is 2.30 bits per heavy atom. The lowest BCUT2D eigenvalue weighted by molar-refractivity contribution is -0.132. The zero-order valence-electron chi connectivity index (χ0n) is 12.8. The lowest BCUT2D eigenvalue weighted by atomic mass is 10.1. The number of hydrogen-bond acceptors (Lipinski definition) is 5. The van der Waals surface area contributed by atoms with Crippen molar-refractivity contribution in [2.75, 3.05) is 25.0 Å². The number of nitrogens with one attached hydrogen (secondary N) is 2. The van der Waals surface area contributed by atoms with E-state index in [1.165, 1.54) is 18.3 Å². The normalized spacial score (nSPS) is 18.1. The maximum atomic E-state index is 12.3. The fourth-order valence-electron chi connectivity index (χ4n) is 2.51. The number of amides is 2. The van der Waals surface area contributed by atoms with Crippen molar-refractivity contribution in [3.8, 4) is 0 Å². The summed E-state index contributed by atoms with van der Waals surface area (Å²) in [6, 6.07) is -0.0103. The van der Waals surface area contributed by atoms with E-state index < -0.39 is 13.0 Å². The number of piperidine rings is 1. The topological polar surface area (TPSA) is 74.3 Å². The van der Waals surface area contributed by atoms with Gasteiger partial charge in [-0.2, -0.15) is 0 Å². The minimum absolute atomic E-state index is 0.0103. The molecule has 1 aliphatic heterocycles. The van der Waals surface area contributed by atoms with Crippen molar-refractivity contribution in [3.63, 3.8) is 0 Å². The Labute approximate surface area is 137 Å². The number of carbonyl (C=O) groups excluding carboxylic acids is 2. The standard InChI is InChI=1S/C14H20F2N4O2S/c1-9(21)18-10-3-2-4-20(7-10)13(22)5-11-8-23-14(19-11)17-6-12(15)16/h8,10,12H,2-7H2,1H3,(H,17,19)(H,18,21). The molecule has 6 nitrogen and oxygen atoms in total. The number of hydrogen-bond donors (Lipinski definition) is 2. The van der Waals surface area contributed by atoms with Gasteiger partial charge in [-0.15, -0.1) is 11.3 Å². The van der Waals surface area contributed by atoms with Crippen LogP contribution in [0, 0.1) is 0 Å². The first-order valence-electron chi connectivity index (χ1n) is 7.45. The highest BCUT2D eigenvalue weighted by atomic mass is 32.1. The summed E-state index contributed by atoms with van der Waals surface area (Å²) in [5.74, 6) is -0.163. The van der Waals surface area contributed by atoms with Crippen LogP contribution in [0.4, 0.5) is 13.9 Å².